The Morgan fingerprint density at radius 2 is 1.95 bits per heavy atom. The molecule has 0 aliphatic heterocycles. The molecular weight excluding hydrogens is 272 g/mol. The van der Waals surface area contributed by atoms with Crippen molar-refractivity contribution in [1.82, 2.24) is 0 Å². The number of para-hydroxylation sites is 1. The van der Waals surface area contributed by atoms with Crippen LogP contribution in [-0.2, 0) is 17.8 Å². The van der Waals surface area contributed by atoms with Gasteiger partial charge in [-0.15, -0.1) is 0 Å². The van der Waals surface area contributed by atoms with Crippen molar-refractivity contribution < 1.29 is 4.79 Å². The first-order chi connectivity index (χ1) is 9.56. The minimum Gasteiger partial charge on any atom is -0.381 e. The maximum atomic E-state index is 11.1. The highest BCUT2D eigenvalue weighted by atomic mass is 35.5. The SMILES string of the molecule is Cc1cc(Cl)ccc1CNc1ccccc1CC(N)=O. The van der Waals surface area contributed by atoms with Crippen LogP contribution in [0, 0.1) is 6.92 Å². The van der Waals surface area contributed by atoms with Crippen LogP contribution < -0.4 is 11.1 Å². The highest BCUT2D eigenvalue weighted by molar-refractivity contribution is 6.30. The number of primary amides is 1. The molecule has 0 unspecified atom stereocenters. The Labute approximate surface area is 123 Å². The fourth-order valence-corrected chi connectivity index (χ4v) is 2.31. The summed E-state index contributed by atoms with van der Waals surface area (Å²) in [6.07, 6.45) is 0.239. The van der Waals surface area contributed by atoms with Crippen molar-refractivity contribution >= 4 is 23.2 Å². The molecule has 20 heavy (non-hydrogen) atoms. The van der Waals surface area contributed by atoms with Gasteiger partial charge in [0.2, 0.25) is 5.91 Å². The molecule has 0 aliphatic carbocycles. The number of nitrogens with two attached hydrogens (primary N) is 1. The Kier molecular flexibility index (Phi) is 4.64. The summed E-state index contributed by atoms with van der Waals surface area (Å²) >= 11 is 5.94. The third-order valence-corrected chi connectivity index (χ3v) is 3.39. The van der Waals surface area contributed by atoms with Gasteiger partial charge in [-0.05, 0) is 41.8 Å². The summed E-state index contributed by atoms with van der Waals surface area (Å²) in [7, 11) is 0. The van der Waals surface area contributed by atoms with E-state index < -0.39 is 0 Å². The van der Waals surface area contributed by atoms with E-state index in [1.54, 1.807) is 0 Å². The second-order valence-electron chi connectivity index (χ2n) is 4.72. The highest BCUT2D eigenvalue weighted by Gasteiger charge is 2.05. The average Bonchev–Trinajstić information content (AvgIpc) is 2.39. The normalized spacial score (nSPS) is 10.3. The highest BCUT2D eigenvalue weighted by Crippen LogP contribution is 2.19. The third kappa shape index (κ3) is 3.75. The van der Waals surface area contributed by atoms with Gasteiger partial charge in [-0.2, -0.15) is 0 Å². The second kappa shape index (κ2) is 6.44. The smallest absolute Gasteiger partial charge is 0.221 e. The van der Waals surface area contributed by atoms with Gasteiger partial charge in [0.05, 0.1) is 6.42 Å². The first kappa shape index (κ1) is 14.4. The van der Waals surface area contributed by atoms with Gasteiger partial charge in [0, 0.05) is 17.3 Å². The lowest BCUT2D eigenvalue weighted by molar-refractivity contribution is -0.117. The van der Waals surface area contributed by atoms with Gasteiger partial charge in [0.25, 0.3) is 0 Å². The standard InChI is InChI=1S/C16H17ClN2O/c1-11-8-14(17)7-6-13(11)10-19-15-5-3-2-4-12(15)9-16(18)20/h2-8,19H,9-10H2,1H3,(H2,18,20). The maximum absolute atomic E-state index is 11.1. The van der Waals surface area contributed by atoms with Crippen LogP contribution in [0.15, 0.2) is 42.5 Å². The molecule has 0 radical (unpaired) electrons. The van der Waals surface area contributed by atoms with Gasteiger partial charge >= 0.3 is 0 Å². The first-order valence-electron chi connectivity index (χ1n) is 6.41. The van der Waals surface area contributed by atoms with Crippen molar-refractivity contribution in [2.45, 2.75) is 19.9 Å². The van der Waals surface area contributed by atoms with Crippen LogP contribution in [0.2, 0.25) is 5.02 Å². The predicted molar refractivity (Wildman–Crippen MR) is 82.9 cm³/mol. The van der Waals surface area contributed by atoms with Gasteiger partial charge in [0.15, 0.2) is 0 Å². The molecule has 2 rings (SSSR count). The van der Waals surface area contributed by atoms with Crippen LogP contribution in [0.1, 0.15) is 16.7 Å². The molecule has 2 aromatic rings. The number of rotatable bonds is 5. The molecule has 0 spiro atoms. The topological polar surface area (TPSA) is 55.1 Å². The van der Waals surface area contributed by atoms with E-state index in [-0.39, 0.29) is 12.3 Å². The molecule has 0 bridgehead atoms. The predicted octanol–water partition coefficient (Wildman–Crippen LogP) is 3.29. The Balaban J connectivity index is 2.12. The molecule has 0 saturated heterocycles. The van der Waals surface area contributed by atoms with Crippen molar-refractivity contribution in [2.24, 2.45) is 5.73 Å². The van der Waals surface area contributed by atoms with E-state index in [9.17, 15) is 4.79 Å². The molecule has 0 heterocycles. The minimum absolute atomic E-state index is 0.239. The number of benzene rings is 2. The van der Waals surface area contributed by atoms with Gasteiger partial charge in [-0.1, -0.05) is 35.9 Å². The summed E-state index contributed by atoms with van der Waals surface area (Å²) < 4.78 is 0. The first-order valence-corrected chi connectivity index (χ1v) is 6.79. The molecule has 104 valence electrons. The van der Waals surface area contributed by atoms with Crippen LogP contribution in [0.3, 0.4) is 0 Å². The Hall–Kier alpha value is -2.00. The number of hydrogen-bond donors (Lipinski definition) is 2. The minimum atomic E-state index is -0.332. The van der Waals surface area contributed by atoms with Crippen LogP contribution in [-0.4, -0.2) is 5.91 Å². The number of anilines is 1. The Morgan fingerprint density at radius 3 is 2.65 bits per heavy atom. The molecular formula is C16H17ClN2O. The van der Waals surface area contributed by atoms with E-state index >= 15 is 0 Å². The Bertz CT molecular complexity index is 626. The van der Waals surface area contributed by atoms with Crippen molar-refractivity contribution in [1.29, 1.82) is 0 Å². The molecule has 3 N–H and O–H groups in total. The summed E-state index contributed by atoms with van der Waals surface area (Å²) in [5.41, 5.74) is 9.41. The monoisotopic (exact) mass is 288 g/mol. The summed E-state index contributed by atoms with van der Waals surface area (Å²) in [6, 6.07) is 13.5. The molecule has 0 aromatic heterocycles. The quantitative estimate of drug-likeness (QED) is 0.887. The third-order valence-electron chi connectivity index (χ3n) is 3.16. The van der Waals surface area contributed by atoms with E-state index in [4.69, 9.17) is 17.3 Å². The van der Waals surface area contributed by atoms with Crippen LogP contribution in [0.5, 0.6) is 0 Å². The van der Waals surface area contributed by atoms with Gasteiger partial charge in [0.1, 0.15) is 0 Å². The second-order valence-corrected chi connectivity index (χ2v) is 5.16. The Morgan fingerprint density at radius 1 is 1.20 bits per heavy atom. The zero-order valence-electron chi connectivity index (χ0n) is 11.3. The molecule has 0 fully saturated rings. The molecule has 4 heteroatoms. The lowest BCUT2D eigenvalue weighted by atomic mass is 10.1. The molecule has 0 aliphatic rings. The van der Waals surface area contributed by atoms with E-state index in [0.717, 1.165) is 21.8 Å². The van der Waals surface area contributed by atoms with E-state index in [1.807, 2.05) is 49.4 Å². The molecule has 0 saturated carbocycles. The lowest BCUT2D eigenvalue weighted by Gasteiger charge is -2.12. The van der Waals surface area contributed by atoms with E-state index in [0.29, 0.717) is 6.54 Å². The number of aryl methyl sites for hydroxylation is 1. The zero-order chi connectivity index (χ0) is 14.5. The number of carbonyl (C=O) groups is 1. The molecule has 2 aromatic carbocycles. The zero-order valence-corrected chi connectivity index (χ0v) is 12.1. The van der Waals surface area contributed by atoms with E-state index in [2.05, 4.69) is 5.32 Å². The average molecular weight is 289 g/mol. The van der Waals surface area contributed by atoms with Crippen molar-refractivity contribution in [3.05, 3.63) is 64.2 Å². The number of halogens is 1. The summed E-state index contributed by atoms with van der Waals surface area (Å²) in [5, 5.41) is 4.08. The van der Waals surface area contributed by atoms with E-state index in [1.165, 1.54) is 5.56 Å². The largest absolute Gasteiger partial charge is 0.381 e. The molecule has 0 atom stereocenters. The number of nitrogens with one attached hydrogen (secondary N) is 1. The van der Waals surface area contributed by atoms with Crippen LogP contribution in [0.25, 0.3) is 0 Å². The van der Waals surface area contributed by atoms with Gasteiger partial charge < -0.3 is 11.1 Å². The van der Waals surface area contributed by atoms with Crippen LogP contribution in [0.4, 0.5) is 5.69 Å². The fraction of sp³-hybridized carbons (Fsp3) is 0.188. The summed E-state index contributed by atoms with van der Waals surface area (Å²) in [4.78, 5) is 11.1. The number of carbonyl (C=O) groups excluding carboxylic acids is 1. The number of amides is 1. The fourth-order valence-electron chi connectivity index (χ4n) is 2.08. The number of hydrogen-bond acceptors (Lipinski definition) is 2. The van der Waals surface area contributed by atoms with Crippen molar-refractivity contribution in [3.63, 3.8) is 0 Å². The van der Waals surface area contributed by atoms with Crippen molar-refractivity contribution in [3.8, 4) is 0 Å². The van der Waals surface area contributed by atoms with Gasteiger partial charge in [-0.25, -0.2) is 0 Å². The summed E-state index contributed by atoms with van der Waals surface area (Å²) in [6.45, 7) is 2.71. The molecule has 1 amide bonds. The lowest BCUT2D eigenvalue weighted by Crippen LogP contribution is -2.15. The summed E-state index contributed by atoms with van der Waals surface area (Å²) in [5.74, 6) is -0.332. The molecule has 3 nitrogen and oxygen atoms in total. The van der Waals surface area contributed by atoms with Crippen LogP contribution >= 0.6 is 11.6 Å². The van der Waals surface area contributed by atoms with Gasteiger partial charge in [-0.3, -0.25) is 4.79 Å². The van der Waals surface area contributed by atoms with Crippen molar-refractivity contribution in [2.75, 3.05) is 5.32 Å². The maximum Gasteiger partial charge on any atom is 0.221 e.